The van der Waals surface area contributed by atoms with Crippen molar-refractivity contribution in [2.75, 3.05) is 13.2 Å². The van der Waals surface area contributed by atoms with E-state index in [0.717, 1.165) is 30.2 Å². The average molecular weight is 380 g/mol. The van der Waals surface area contributed by atoms with Crippen molar-refractivity contribution < 1.29 is 13.9 Å². The second kappa shape index (κ2) is 12.6. The number of rotatable bonds is 11. The van der Waals surface area contributed by atoms with Crippen molar-refractivity contribution in [3.05, 3.63) is 47.7 Å². The minimum Gasteiger partial charge on any atom is -0.462 e. The van der Waals surface area contributed by atoms with E-state index in [1.807, 2.05) is 24.3 Å². The molecule has 0 fully saturated rings. The summed E-state index contributed by atoms with van der Waals surface area (Å²) in [5.41, 5.74) is 1.51. The maximum absolute atomic E-state index is 11.7. The Morgan fingerprint density at radius 2 is 1.73 bits per heavy atom. The number of halogens is 1. The van der Waals surface area contributed by atoms with E-state index in [1.54, 1.807) is 19.1 Å². The smallest absolute Gasteiger partial charge is 0.338 e. The predicted octanol–water partition coefficient (Wildman–Crippen LogP) is 5.61. The van der Waals surface area contributed by atoms with Gasteiger partial charge < -0.3 is 14.5 Å². The molecule has 2 aromatic rings. The summed E-state index contributed by atoms with van der Waals surface area (Å²) < 4.78 is 10.9. The number of ether oxygens (including phenoxy) is 1. The van der Waals surface area contributed by atoms with Crippen LogP contribution >= 0.6 is 12.4 Å². The highest BCUT2D eigenvalue weighted by Gasteiger charge is 2.08. The minimum atomic E-state index is -0.294. The zero-order valence-electron chi connectivity index (χ0n) is 15.8. The van der Waals surface area contributed by atoms with E-state index in [9.17, 15) is 4.79 Å². The van der Waals surface area contributed by atoms with E-state index in [2.05, 4.69) is 12.2 Å². The van der Waals surface area contributed by atoms with Crippen molar-refractivity contribution in [1.29, 1.82) is 0 Å². The van der Waals surface area contributed by atoms with Gasteiger partial charge in [-0.3, -0.25) is 0 Å². The lowest BCUT2D eigenvalue weighted by molar-refractivity contribution is 0.0526. The monoisotopic (exact) mass is 379 g/mol. The zero-order valence-corrected chi connectivity index (χ0v) is 16.6. The first kappa shape index (κ1) is 22.3. The highest BCUT2D eigenvalue weighted by Crippen LogP contribution is 2.22. The molecule has 0 amide bonds. The van der Waals surface area contributed by atoms with Gasteiger partial charge in [-0.05, 0) is 44.2 Å². The molecular formula is C21H30ClNO3. The summed E-state index contributed by atoms with van der Waals surface area (Å²) in [5.74, 6) is 1.45. The fraction of sp³-hybridized carbons (Fsp3) is 0.476. The molecule has 0 saturated heterocycles. The maximum atomic E-state index is 11.7. The summed E-state index contributed by atoms with van der Waals surface area (Å²) in [7, 11) is 0. The average Bonchev–Trinajstić information content (AvgIpc) is 3.10. The quantitative estimate of drug-likeness (QED) is 0.407. The molecule has 0 saturated carbocycles. The fourth-order valence-electron chi connectivity index (χ4n) is 2.68. The van der Waals surface area contributed by atoms with Crippen molar-refractivity contribution in [1.82, 2.24) is 5.32 Å². The van der Waals surface area contributed by atoms with Crippen LogP contribution in [0.1, 0.15) is 62.1 Å². The van der Waals surface area contributed by atoms with Gasteiger partial charge in [-0.25, -0.2) is 4.79 Å². The lowest BCUT2D eigenvalue weighted by Gasteiger charge is -2.04. The SMILES string of the molecule is CCCCCCCNCc1ccc(-c2ccc(C(=O)OCC)cc2)o1.Cl. The molecule has 1 aromatic carbocycles. The lowest BCUT2D eigenvalue weighted by Crippen LogP contribution is -2.14. The van der Waals surface area contributed by atoms with Crippen molar-refractivity contribution in [3.8, 4) is 11.3 Å². The summed E-state index contributed by atoms with van der Waals surface area (Å²) in [4.78, 5) is 11.7. The molecule has 0 atom stereocenters. The third kappa shape index (κ3) is 7.22. The molecule has 1 N–H and O–H groups in total. The summed E-state index contributed by atoms with van der Waals surface area (Å²) in [6, 6.07) is 11.3. The predicted molar refractivity (Wildman–Crippen MR) is 108 cm³/mol. The molecule has 0 unspecified atom stereocenters. The Morgan fingerprint density at radius 1 is 1.00 bits per heavy atom. The van der Waals surface area contributed by atoms with Gasteiger partial charge in [0, 0.05) is 5.56 Å². The molecule has 0 aliphatic carbocycles. The minimum absolute atomic E-state index is 0. The molecule has 0 bridgehead atoms. The van der Waals surface area contributed by atoms with Gasteiger partial charge >= 0.3 is 5.97 Å². The van der Waals surface area contributed by atoms with Gasteiger partial charge in [-0.15, -0.1) is 12.4 Å². The Hall–Kier alpha value is -1.78. The van der Waals surface area contributed by atoms with E-state index >= 15 is 0 Å². The number of hydrogen-bond acceptors (Lipinski definition) is 4. The number of nitrogens with one attached hydrogen (secondary N) is 1. The van der Waals surface area contributed by atoms with Crippen LogP contribution in [-0.2, 0) is 11.3 Å². The van der Waals surface area contributed by atoms with Crippen molar-refractivity contribution in [2.24, 2.45) is 0 Å². The molecular weight excluding hydrogens is 350 g/mol. The van der Waals surface area contributed by atoms with Gasteiger partial charge in [0.15, 0.2) is 0 Å². The van der Waals surface area contributed by atoms with Crippen LogP contribution in [0.3, 0.4) is 0 Å². The molecule has 0 aliphatic rings. The van der Waals surface area contributed by atoms with Crippen LogP contribution in [0.15, 0.2) is 40.8 Å². The summed E-state index contributed by atoms with van der Waals surface area (Å²) in [6.45, 7) is 6.18. The van der Waals surface area contributed by atoms with Crippen LogP contribution < -0.4 is 5.32 Å². The Morgan fingerprint density at radius 3 is 2.42 bits per heavy atom. The van der Waals surface area contributed by atoms with Gasteiger partial charge in [-0.2, -0.15) is 0 Å². The topological polar surface area (TPSA) is 51.5 Å². The number of esters is 1. The Bertz CT molecular complexity index is 637. The maximum Gasteiger partial charge on any atom is 0.338 e. The summed E-state index contributed by atoms with van der Waals surface area (Å²) in [5, 5.41) is 3.43. The Kier molecular flexibility index (Phi) is 10.7. The van der Waals surface area contributed by atoms with Crippen LogP contribution in [-0.4, -0.2) is 19.1 Å². The number of carbonyl (C=O) groups is 1. The fourth-order valence-corrected chi connectivity index (χ4v) is 2.68. The standard InChI is InChI=1S/C21H29NO3.ClH/c1-3-5-6-7-8-15-22-16-19-13-14-20(25-19)17-9-11-18(12-10-17)21(23)24-4-2;/h9-14,22H,3-8,15-16H2,1-2H3;1H. The third-order valence-electron chi connectivity index (χ3n) is 4.10. The van der Waals surface area contributed by atoms with E-state index in [0.29, 0.717) is 12.2 Å². The van der Waals surface area contributed by atoms with Gasteiger partial charge in [0.25, 0.3) is 0 Å². The first-order valence-corrected chi connectivity index (χ1v) is 9.31. The first-order chi connectivity index (χ1) is 12.2. The molecule has 26 heavy (non-hydrogen) atoms. The second-order valence-electron chi connectivity index (χ2n) is 6.15. The highest BCUT2D eigenvalue weighted by molar-refractivity contribution is 5.89. The molecule has 1 aromatic heterocycles. The largest absolute Gasteiger partial charge is 0.462 e. The van der Waals surface area contributed by atoms with Crippen molar-refractivity contribution >= 4 is 18.4 Å². The normalized spacial score (nSPS) is 10.4. The number of hydrogen-bond donors (Lipinski definition) is 1. The first-order valence-electron chi connectivity index (χ1n) is 9.31. The molecule has 4 nitrogen and oxygen atoms in total. The third-order valence-corrected chi connectivity index (χ3v) is 4.10. The van der Waals surface area contributed by atoms with Crippen LogP contribution in [0.25, 0.3) is 11.3 Å². The van der Waals surface area contributed by atoms with Crippen LogP contribution in [0.4, 0.5) is 0 Å². The summed E-state index contributed by atoms with van der Waals surface area (Å²) >= 11 is 0. The van der Waals surface area contributed by atoms with Crippen molar-refractivity contribution in [3.63, 3.8) is 0 Å². The van der Waals surface area contributed by atoms with Gasteiger partial charge in [0.2, 0.25) is 0 Å². The molecule has 2 rings (SSSR count). The molecule has 5 heteroatoms. The molecule has 0 aliphatic heterocycles. The second-order valence-corrected chi connectivity index (χ2v) is 6.15. The molecule has 144 valence electrons. The Labute approximate surface area is 162 Å². The van der Waals surface area contributed by atoms with Gasteiger partial charge in [-0.1, -0.05) is 44.7 Å². The number of furan rings is 1. The van der Waals surface area contributed by atoms with Gasteiger partial charge in [0.1, 0.15) is 11.5 Å². The van der Waals surface area contributed by atoms with Crippen molar-refractivity contribution in [2.45, 2.75) is 52.5 Å². The van der Waals surface area contributed by atoms with E-state index in [1.165, 1.54) is 32.1 Å². The number of unbranched alkanes of at least 4 members (excludes halogenated alkanes) is 4. The van der Waals surface area contributed by atoms with E-state index in [4.69, 9.17) is 9.15 Å². The van der Waals surface area contributed by atoms with Crippen LogP contribution in [0.5, 0.6) is 0 Å². The zero-order chi connectivity index (χ0) is 17.9. The Balaban J connectivity index is 0.00000338. The lowest BCUT2D eigenvalue weighted by atomic mass is 10.1. The van der Waals surface area contributed by atoms with E-state index in [-0.39, 0.29) is 18.4 Å². The molecule has 0 spiro atoms. The molecule has 1 heterocycles. The van der Waals surface area contributed by atoms with Crippen LogP contribution in [0.2, 0.25) is 0 Å². The van der Waals surface area contributed by atoms with E-state index < -0.39 is 0 Å². The number of carbonyl (C=O) groups excluding carboxylic acids is 1. The van der Waals surface area contributed by atoms with Crippen LogP contribution in [0, 0.1) is 0 Å². The number of benzene rings is 1. The van der Waals surface area contributed by atoms with Gasteiger partial charge in [0.05, 0.1) is 18.7 Å². The highest BCUT2D eigenvalue weighted by atomic mass is 35.5. The molecule has 0 radical (unpaired) electrons. The summed E-state index contributed by atoms with van der Waals surface area (Å²) in [6.07, 6.45) is 6.44.